The van der Waals surface area contributed by atoms with Crippen molar-refractivity contribution in [3.05, 3.63) is 79.0 Å². The summed E-state index contributed by atoms with van der Waals surface area (Å²) in [7, 11) is 3.20. The molecule has 11 nitrogen and oxygen atoms in total. The Morgan fingerprint density at radius 3 is 2.43 bits per heavy atom. The molecule has 216 valence electrons. The van der Waals surface area contributed by atoms with Crippen molar-refractivity contribution in [1.29, 1.82) is 0 Å². The molecule has 42 heavy (non-hydrogen) atoms. The Kier molecular flexibility index (Phi) is 8.29. The van der Waals surface area contributed by atoms with Crippen LogP contribution in [0.2, 0.25) is 0 Å². The van der Waals surface area contributed by atoms with E-state index in [4.69, 9.17) is 28.9 Å². The predicted molar refractivity (Wildman–Crippen MR) is 162 cm³/mol. The van der Waals surface area contributed by atoms with Crippen molar-refractivity contribution < 1.29 is 18.9 Å². The quantitative estimate of drug-likeness (QED) is 0.226. The zero-order valence-corrected chi connectivity index (χ0v) is 23.6. The van der Waals surface area contributed by atoms with E-state index in [0.717, 1.165) is 49.6 Å². The van der Waals surface area contributed by atoms with Gasteiger partial charge < -0.3 is 29.6 Å². The van der Waals surface area contributed by atoms with Gasteiger partial charge in [0, 0.05) is 55.4 Å². The third-order valence-corrected chi connectivity index (χ3v) is 6.93. The monoisotopic (exact) mass is 567 g/mol. The number of nitrogens with one attached hydrogen (secondary N) is 2. The van der Waals surface area contributed by atoms with Gasteiger partial charge in [0.25, 0.3) is 0 Å². The molecular weight excluding hydrogens is 534 g/mol. The molecule has 0 spiro atoms. The number of aromatic nitrogens is 4. The lowest BCUT2D eigenvalue weighted by Gasteiger charge is -2.26. The van der Waals surface area contributed by atoms with Gasteiger partial charge in [-0.3, -0.25) is 9.47 Å². The van der Waals surface area contributed by atoms with Crippen LogP contribution in [-0.4, -0.2) is 78.1 Å². The Labute approximate surface area is 244 Å². The van der Waals surface area contributed by atoms with E-state index in [1.54, 1.807) is 20.4 Å². The first-order valence-corrected chi connectivity index (χ1v) is 13.8. The summed E-state index contributed by atoms with van der Waals surface area (Å²) >= 11 is 0. The van der Waals surface area contributed by atoms with E-state index in [-0.39, 0.29) is 0 Å². The van der Waals surface area contributed by atoms with Crippen molar-refractivity contribution in [1.82, 2.24) is 24.4 Å². The molecular formula is C31H33N7O4. The molecule has 0 aliphatic carbocycles. The van der Waals surface area contributed by atoms with Gasteiger partial charge in [-0.2, -0.15) is 4.98 Å². The second-order valence-corrected chi connectivity index (χ2v) is 9.63. The van der Waals surface area contributed by atoms with Crippen LogP contribution in [0.1, 0.15) is 0 Å². The van der Waals surface area contributed by atoms with Gasteiger partial charge in [-0.15, -0.1) is 0 Å². The van der Waals surface area contributed by atoms with Crippen LogP contribution in [0.4, 0.5) is 23.3 Å². The van der Waals surface area contributed by atoms with E-state index in [9.17, 15) is 0 Å². The van der Waals surface area contributed by atoms with Crippen LogP contribution in [0.25, 0.3) is 16.9 Å². The molecule has 0 radical (unpaired) electrons. The average Bonchev–Trinajstić information content (AvgIpc) is 3.39. The molecule has 3 aromatic carbocycles. The number of morpholine rings is 1. The minimum Gasteiger partial charge on any atom is -0.493 e. The summed E-state index contributed by atoms with van der Waals surface area (Å²) in [4.78, 5) is 16.5. The lowest BCUT2D eigenvalue weighted by Crippen LogP contribution is -2.38. The van der Waals surface area contributed by atoms with Crippen molar-refractivity contribution in [3.63, 3.8) is 0 Å². The molecule has 6 rings (SSSR count). The molecule has 5 aromatic rings. The van der Waals surface area contributed by atoms with Crippen LogP contribution in [0, 0.1) is 0 Å². The fourth-order valence-corrected chi connectivity index (χ4v) is 4.87. The number of benzene rings is 3. The van der Waals surface area contributed by atoms with Gasteiger partial charge in [0.15, 0.2) is 11.5 Å². The Bertz CT molecular complexity index is 1640. The molecule has 0 saturated carbocycles. The number of rotatable bonds is 11. The summed E-state index contributed by atoms with van der Waals surface area (Å²) in [6, 6.07) is 23.4. The van der Waals surface area contributed by atoms with Gasteiger partial charge in [0.05, 0.1) is 38.5 Å². The molecule has 2 aromatic heterocycles. The molecule has 1 aliphatic heterocycles. The maximum absolute atomic E-state index is 6.17. The summed E-state index contributed by atoms with van der Waals surface area (Å²) in [5.74, 6) is 3.34. The highest BCUT2D eigenvalue weighted by molar-refractivity contribution is 5.82. The van der Waals surface area contributed by atoms with E-state index < -0.39 is 0 Å². The summed E-state index contributed by atoms with van der Waals surface area (Å²) in [6.07, 6.45) is 1.71. The van der Waals surface area contributed by atoms with Gasteiger partial charge in [0.2, 0.25) is 17.6 Å². The van der Waals surface area contributed by atoms with Gasteiger partial charge in [-0.25, -0.2) is 9.97 Å². The maximum Gasteiger partial charge on any atom is 0.229 e. The van der Waals surface area contributed by atoms with E-state index in [0.29, 0.717) is 47.3 Å². The third kappa shape index (κ3) is 6.07. The van der Waals surface area contributed by atoms with Crippen molar-refractivity contribution in [2.24, 2.45) is 0 Å². The van der Waals surface area contributed by atoms with Gasteiger partial charge in [-0.1, -0.05) is 30.3 Å². The van der Waals surface area contributed by atoms with Crippen LogP contribution < -0.4 is 24.8 Å². The highest BCUT2D eigenvalue weighted by Gasteiger charge is 2.18. The van der Waals surface area contributed by atoms with Gasteiger partial charge in [0.1, 0.15) is 12.4 Å². The van der Waals surface area contributed by atoms with E-state index in [2.05, 4.69) is 20.5 Å². The smallest absolute Gasteiger partial charge is 0.229 e. The standard InChI is InChI=1S/C31H33N7O4/c1-39-26-20-23(21-27(29(26)40-2)42-19-16-37-14-17-41-18-15-37)33-30-32-13-12-28(36-30)38-25-11-7-6-10-24(25)35-31(38)34-22-8-4-3-5-9-22/h3-13,20-21H,14-19H2,1-2H3,(H,34,35)(H,32,33,36). The number of fused-ring (bicyclic) bond motifs is 1. The maximum atomic E-state index is 6.17. The van der Waals surface area contributed by atoms with E-state index in [1.165, 1.54) is 0 Å². The minimum absolute atomic E-state index is 0.405. The fourth-order valence-electron chi connectivity index (χ4n) is 4.87. The van der Waals surface area contributed by atoms with Crippen molar-refractivity contribution >= 4 is 34.3 Å². The summed E-state index contributed by atoms with van der Waals surface area (Å²) in [5.41, 5.74) is 3.39. The van der Waals surface area contributed by atoms with E-state index >= 15 is 0 Å². The number of imidazole rings is 1. The summed E-state index contributed by atoms with van der Waals surface area (Å²) in [6.45, 7) is 4.57. The van der Waals surface area contributed by atoms with Crippen molar-refractivity contribution in [3.8, 4) is 23.1 Å². The first kappa shape index (κ1) is 27.3. The van der Waals surface area contributed by atoms with Crippen LogP contribution in [0.15, 0.2) is 79.0 Å². The molecule has 1 saturated heterocycles. The summed E-state index contributed by atoms with van der Waals surface area (Å²) in [5, 5.41) is 6.73. The van der Waals surface area contributed by atoms with Crippen LogP contribution in [-0.2, 0) is 4.74 Å². The first-order valence-electron chi connectivity index (χ1n) is 13.8. The number of hydrogen-bond acceptors (Lipinski definition) is 10. The molecule has 0 bridgehead atoms. The summed E-state index contributed by atoms with van der Waals surface area (Å²) < 4.78 is 24.8. The van der Waals surface area contributed by atoms with Gasteiger partial charge >= 0.3 is 0 Å². The van der Waals surface area contributed by atoms with Crippen LogP contribution >= 0.6 is 0 Å². The SMILES string of the molecule is COc1cc(Nc2nccc(-n3c(Nc4ccccc4)nc4ccccc43)n2)cc(OCCN2CCOCC2)c1OC. The topological polar surface area (TPSA) is 108 Å². The second kappa shape index (κ2) is 12.8. The number of hydrogen-bond donors (Lipinski definition) is 2. The number of para-hydroxylation sites is 3. The molecule has 11 heteroatoms. The van der Waals surface area contributed by atoms with Gasteiger partial charge in [-0.05, 0) is 24.3 Å². The predicted octanol–water partition coefficient (Wildman–Crippen LogP) is 5.03. The Morgan fingerprint density at radius 2 is 1.62 bits per heavy atom. The first-order chi connectivity index (χ1) is 20.7. The van der Waals surface area contributed by atoms with Crippen molar-refractivity contribution in [2.45, 2.75) is 0 Å². The number of nitrogens with zero attached hydrogens (tertiary/aromatic N) is 5. The van der Waals surface area contributed by atoms with Crippen molar-refractivity contribution in [2.75, 3.05) is 64.3 Å². The third-order valence-electron chi connectivity index (χ3n) is 6.93. The molecule has 0 unspecified atom stereocenters. The Balaban J connectivity index is 1.28. The molecule has 1 aliphatic rings. The lowest BCUT2D eigenvalue weighted by atomic mass is 10.2. The van der Waals surface area contributed by atoms with Crippen LogP contribution in [0.5, 0.6) is 17.2 Å². The highest BCUT2D eigenvalue weighted by atomic mass is 16.5. The Hall–Kier alpha value is -4.87. The molecule has 3 heterocycles. The second-order valence-electron chi connectivity index (χ2n) is 9.63. The highest BCUT2D eigenvalue weighted by Crippen LogP contribution is 2.40. The number of ether oxygens (including phenoxy) is 4. The molecule has 2 N–H and O–H groups in total. The zero-order chi connectivity index (χ0) is 28.7. The normalized spacial score (nSPS) is 13.6. The molecule has 0 atom stereocenters. The minimum atomic E-state index is 0.405. The zero-order valence-electron chi connectivity index (χ0n) is 23.6. The van der Waals surface area contributed by atoms with E-state index in [1.807, 2.05) is 77.4 Å². The Morgan fingerprint density at radius 1 is 0.833 bits per heavy atom. The number of methoxy groups -OCH3 is 2. The molecule has 1 fully saturated rings. The van der Waals surface area contributed by atoms with Crippen LogP contribution in [0.3, 0.4) is 0 Å². The average molecular weight is 568 g/mol. The fraction of sp³-hybridized carbons (Fsp3) is 0.258. The molecule has 0 amide bonds. The number of anilines is 4. The lowest BCUT2D eigenvalue weighted by molar-refractivity contribution is 0.0321. The largest absolute Gasteiger partial charge is 0.493 e.